The minimum absolute atomic E-state index is 0.195. The van der Waals surface area contributed by atoms with Gasteiger partial charge in [0.25, 0.3) is 0 Å². The maximum Gasteiger partial charge on any atom is 0.174 e. The van der Waals surface area contributed by atoms with E-state index < -0.39 is 0 Å². The van der Waals surface area contributed by atoms with Crippen LogP contribution in [0.15, 0.2) is 85.2 Å². The molecule has 2 atom stereocenters. The number of hydrogen-bond donors (Lipinski definition) is 1. The van der Waals surface area contributed by atoms with Crippen LogP contribution in [0.25, 0.3) is 5.69 Å². The zero-order valence-corrected chi connectivity index (χ0v) is 20.5. The molecule has 0 saturated carbocycles. The molecule has 0 aliphatic carbocycles. The van der Waals surface area contributed by atoms with Crippen LogP contribution in [-0.2, 0) is 0 Å². The van der Waals surface area contributed by atoms with Crippen LogP contribution in [0.3, 0.4) is 0 Å². The Labute approximate surface area is 209 Å². The van der Waals surface area contributed by atoms with Crippen molar-refractivity contribution in [3.05, 3.63) is 96.6 Å². The smallest absolute Gasteiger partial charge is 0.174 e. The largest absolute Gasteiger partial charge is 0.497 e. The number of thiocarbonyl (C=S) groups is 1. The average molecular weight is 487 g/mol. The first-order valence-corrected chi connectivity index (χ1v) is 11.6. The molecule has 3 heterocycles. The second-order valence-corrected chi connectivity index (χ2v) is 8.43. The van der Waals surface area contributed by atoms with E-state index in [1.807, 2.05) is 66.9 Å². The highest BCUT2D eigenvalue weighted by molar-refractivity contribution is 7.80. The predicted octanol–water partition coefficient (Wildman–Crippen LogP) is 5.08. The molecule has 2 aromatic carbocycles. The number of nitrogens with zero attached hydrogens (tertiary/aromatic N) is 3. The van der Waals surface area contributed by atoms with Crippen molar-refractivity contribution in [3.8, 4) is 22.9 Å². The molecular formula is C27H26N4O3S. The Bertz CT molecular complexity index is 1340. The van der Waals surface area contributed by atoms with Crippen molar-refractivity contribution < 1.29 is 14.2 Å². The summed E-state index contributed by atoms with van der Waals surface area (Å²) in [6.07, 6.45) is 3.84. The second kappa shape index (κ2) is 9.68. The quantitative estimate of drug-likeness (QED) is 0.366. The van der Waals surface area contributed by atoms with Gasteiger partial charge in [-0.1, -0.05) is 12.1 Å². The predicted molar refractivity (Wildman–Crippen MR) is 140 cm³/mol. The molecule has 7 nitrogen and oxygen atoms in total. The maximum atomic E-state index is 5.90. The van der Waals surface area contributed by atoms with Crippen LogP contribution in [-0.4, -0.2) is 36.0 Å². The fourth-order valence-corrected chi connectivity index (χ4v) is 4.87. The number of pyridine rings is 1. The van der Waals surface area contributed by atoms with Gasteiger partial charge in [0.15, 0.2) is 5.11 Å². The van der Waals surface area contributed by atoms with E-state index in [9.17, 15) is 0 Å². The number of nitrogens with one attached hydrogen (secondary N) is 1. The van der Waals surface area contributed by atoms with Gasteiger partial charge in [0.05, 0.1) is 38.8 Å². The third-order valence-electron chi connectivity index (χ3n) is 6.16. The van der Waals surface area contributed by atoms with Crippen LogP contribution in [0, 0.1) is 0 Å². The average Bonchev–Trinajstić information content (AvgIpc) is 3.53. The lowest BCUT2D eigenvalue weighted by atomic mass is 10.0. The van der Waals surface area contributed by atoms with Gasteiger partial charge in [-0.15, -0.1) is 0 Å². The number of anilines is 1. The molecule has 0 spiro atoms. The van der Waals surface area contributed by atoms with Crippen LogP contribution >= 0.6 is 12.2 Å². The van der Waals surface area contributed by atoms with E-state index in [0.717, 1.165) is 28.5 Å². The van der Waals surface area contributed by atoms with E-state index in [4.69, 9.17) is 26.4 Å². The van der Waals surface area contributed by atoms with Gasteiger partial charge in [0.2, 0.25) is 0 Å². The molecule has 1 fully saturated rings. The third-order valence-corrected chi connectivity index (χ3v) is 6.47. The van der Waals surface area contributed by atoms with Crippen molar-refractivity contribution >= 4 is 23.0 Å². The van der Waals surface area contributed by atoms with Crippen LogP contribution < -0.4 is 24.4 Å². The molecule has 1 saturated heterocycles. The molecule has 2 aromatic heterocycles. The lowest BCUT2D eigenvalue weighted by Crippen LogP contribution is -2.30. The minimum Gasteiger partial charge on any atom is -0.497 e. The molecule has 5 rings (SSSR count). The molecule has 0 unspecified atom stereocenters. The molecule has 8 heteroatoms. The number of benzene rings is 2. The highest BCUT2D eigenvalue weighted by atomic mass is 32.1. The van der Waals surface area contributed by atoms with Gasteiger partial charge in [0, 0.05) is 35.9 Å². The van der Waals surface area contributed by atoms with Gasteiger partial charge in [0.1, 0.15) is 23.3 Å². The van der Waals surface area contributed by atoms with Crippen LogP contribution in [0.5, 0.6) is 17.2 Å². The molecule has 178 valence electrons. The molecule has 0 amide bonds. The summed E-state index contributed by atoms with van der Waals surface area (Å²) >= 11 is 5.90. The van der Waals surface area contributed by atoms with Gasteiger partial charge in [-0.25, -0.2) is 0 Å². The van der Waals surface area contributed by atoms with Crippen molar-refractivity contribution in [2.45, 2.75) is 12.1 Å². The summed E-state index contributed by atoms with van der Waals surface area (Å²) in [4.78, 5) is 6.74. The van der Waals surface area contributed by atoms with E-state index in [1.54, 1.807) is 27.5 Å². The molecule has 1 N–H and O–H groups in total. The first-order chi connectivity index (χ1) is 17.1. The Morgan fingerprint density at radius 1 is 0.857 bits per heavy atom. The first-order valence-electron chi connectivity index (χ1n) is 11.2. The Balaban J connectivity index is 1.70. The van der Waals surface area contributed by atoms with Gasteiger partial charge in [-0.3, -0.25) is 4.98 Å². The van der Waals surface area contributed by atoms with E-state index >= 15 is 0 Å². The summed E-state index contributed by atoms with van der Waals surface area (Å²) in [5.41, 5.74) is 3.72. The Morgan fingerprint density at radius 2 is 1.69 bits per heavy atom. The number of rotatable bonds is 7. The summed E-state index contributed by atoms with van der Waals surface area (Å²) in [5.74, 6) is 2.20. The van der Waals surface area contributed by atoms with Crippen LogP contribution in [0.1, 0.15) is 23.5 Å². The maximum absolute atomic E-state index is 5.90. The summed E-state index contributed by atoms with van der Waals surface area (Å²) in [6, 6.07) is 23.3. The number of aromatic nitrogens is 2. The normalized spacial score (nSPS) is 17.2. The third kappa shape index (κ3) is 4.17. The summed E-state index contributed by atoms with van der Waals surface area (Å²) in [6.45, 7) is 0. The second-order valence-electron chi connectivity index (χ2n) is 8.04. The standard InChI is InChI=1S/C27H26N4O3S/c1-32-19-9-6-8-18(16-19)30-15-7-11-22(30)26-25(21-10-4-5-14-28-21)29-27(35)31(26)23-17-20(33-2)12-13-24(23)34-3/h4-17,25-26H,1-3H3,(H,29,35)/t25-,26-/m1/s1. The number of ether oxygens (including phenoxy) is 3. The topological polar surface area (TPSA) is 60.8 Å². The lowest BCUT2D eigenvalue weighted by Gasteiger charge is -2.30. The molecule has 0 bridgehead atoms. The summed E-state index contributed by atoms with van der Waals surface area (Å²) in [5, 5.41) is 4.09. The first kappa shape index (κ1) is 22.7. The lowest BCUT2D eigenvalue weighted by molar-refractivity contribution is 0.402. The Kier molecular flexibility index (Phi) is 6.29. The zero-order chi connectivity index (χ0) is 24.4. The molecule has 1 aliphatic heterocycles. The van der Waals surface area contributed by atoms with E-state index in [0.29, 0.717) is 16.6 Å². The minimum atomic E-state index is -0.223. The highest BCUT2D eigenvalue weighted by Gasteiger charge is 2.43. The number of hydrogen-bond acceptors (Lipinski definition) is 5. The van der Waals surface area contributed by atoms with E-state index in [-0.39, 0.29) is 12.1 Å². The van der Waals surface area contributed by atoms with Crippen molar-refractivity contribution in [1.29, 1.82) is 0 Å². The number of methoxy groups -OCH3 is 3. The van der Waals surface area contributed by atoms with Crippen LogP contribution in [0.2, 0.25) is 0 Å². The zero-order valence-electron chi connectivity index (χ0n) is 19.7. The molecule has 4 aromatic rings. The molecule has 1 aliphatic rings. The van der Waals surface area contributed by atoms with Crippen molar-refractivity contribution in [1.82, 2.24) is 14.9 Å². The molecule has 35 heavy (non-hydrogen) atoms. The van der Waals surface area contributed by atoms with Crippen molar-refractivity contribution in [2.24, 2.45) is 0 Å². The van der Waals surface area contributed by atoms with Gasteiger partial charge >= 0.3 is 0 Å². The van der Waals surface area contributed by atoms with Gasteiger partial charge in [-0.2, -0.15) is 0 Å². The van der Waals surface area contributed by atoms with E-state index in [2.05, 4.69) is 31.9 Å². The Hall–Kier alpha value is -4.04. The highest BCUT2D eigenvalue weighted by Crippen LogP contribution is 2.46. The van der Waals surface area contributed by atoms with E-state index in [1.165, 1.54) is 0 Å². The summed E-state index contributed by atoms with van der Waals surface area (Å²) < 4.78 is 18.9. The fraction of sp³-hybridized carbons (Fsp3) is 0.185. The van der Waals surface area contributed by atoms with Gasteiger partial charge < -0.3 is 29.0 Å². The van der Waals surface area contributed by atoms with Crippen molar-refractivity contribution in [3.63, 3.8) is 0 Å². The summed E-state index contributed by atoms with van der Waals surface area (Å²) in [7, 11) is 4.97. The molecule has 0 radical (unpaired) electrons. The van der Waals surface area contributed by atoms with Gasteiger partial charge in [-0.05, 0) is 60.7 Å². The van der Waals surface area contributed by atoms with Crippen LogP contribution in [0.4, 0.5) is 5.69 Å². The monoisotopic (exact) mass is 486 g/mol. The molecular weight excluding hydrogens is 460 g/mol. The van der Waals surface area contributed by atoms with Crippen molar-refractivity contribution in [2.75, 3.05) is 26.2 Å². The Morgan fingerprint density at radius 3 is 2.43 bits per heavy atom. The fourth-order valence-electron chi connectivity index (χ4n) is 4.53. The SMILES string of the molecule is COc1cccc(-n2cccc2[C@@H]2[C@@H](c3ccccn3)NC(=S)N2c2cc(OC)ccc2OC)c1.